The molecule has 1 aliphatic rings. The number of nitrogens with one attached hydrogen (secondary N) is 1. The van der Waals surface area contributed by atoms with Crippen molar-refractivity contribution >= 4 is 17.3 Å². The first-order valence-electron chi connectivity index (χ1n) is 7.39. The highest BCUT2D eigenvalue weighted by Gasteiger charge is 2.20. The third kappa shape index (κ3) is 3.39. The molecule has 0 saturated carbocycles. The van der Waals surface area contributed by atoms with Crippen molar-refractivity contribution in [1.29, 1.82) is 0 Å². The number of fused-ring (bicyclic) bond motifs is 1. The molecule has 0 saturated heterocycles. The second-order valence-corrected chi connectivity index (χ2v) is 6.40. The lowest BCUT2D eigenvalue weighted by Crippen LogP contribution is -2.28. The molecule has 0 aromatic heterocycles. The summed E-state index contributed by atoms with van der Waals surface area (Å²) in [6.45, 7) is 0.917. The van der Waals surface area contributed by atoms with Gasteiger partial charge in [0.05, 0.1) is 0 Å². The van der Waals surface area contributed by atoms with E-state index in [1.54, 1.807) is 0 Å². The molecule has 0 heterocycles. The van der Waals surface area contributed by atoms with Crippen LogP contribution in [0, 0.1) is 0 Å². The Kier molecular flexibility index (Phi) is 4.18. The predicted octanol–water partition coefficient (Wildman–Crippen LogP) is 3.66. The molecule has 2 nitrogen and oxygen atoms in total. The average Bonchev–Trinajstić information content (AvgIpc) is 2.87. The highest BCUT2D eigenvalue weighted by atomic mass is 35.5. The van der Waals surface area contributed by atoms with Crippen molar-refractivity contribution in [2.45, 2.75) is 25.4 Å². The Labute approximate surface area is 131 Å². The van der Waals surface area contributed by atoms with Crippen molar-refractivity contribution in [3.63, 3.8) is 0 Å². The molecule has 0 aliphatic heterocycles. The van der Waals surface area contributed by atoms with Gasteiger partial charge in [0.2, 0.25) is 0 Å². The summed E-state index contributed by atoms with van der Waals surface area (Å²) >= 11 is 6.06. The molecule has 3 heteroatoms. The lowest BCUT2D eigenvalue weighted by molar-refractivity contribution is 0.533. The molecule has 1 aliphatic carbocycles. The van der Waals surface area contributed by atoms with Crippen molar-refractivity contribution in [3.8, 4) is 0 Å². The van der Waals surface area contributed by atoms with Gasteiger partial charge in [-0.05, 0) is 53.8 Å². The Morgan fingerprint density at radius 3 is 2.48 bits per heavy atom. The minimum Gasteiger partial charge on any atom is -0.378 e. The van der Waals surface area contributed by atoms with E-state index in [1.165, 1.54) is 22.4 Å². The summed E-state index contributed by atoms with van der Waals surface area (Å²) in [5, 5.41) is 4.50. The van der Waals surface area contributed by atoms with E-state index in [0.29, 0.717) is 6.04 Å². The van der Waals surface area contributed by atoms with Crippen molar-refractivity contribution in [3.05, 3.63) is 64.2 Å². The predicted molar refractivity (Wildman–Crippen MR) is 90.3 cm³/mol. The molecule has 0 radical (unpaired) electrons. The minimum absolute atomic E-state index is 0.520. The highest BCUT2D eigenvalue weighted by molar-refractivity contribution is 6.30. The van der Waals surface area contributed by atoms with Crippen molar-refractivity contribution in [1.82, 2.24) is 5.32 Å². The van der Waals surface area contributed by atoms with Gasteiger partial charge in [0, 0.05) is 37.4 Å². The summed E-state index contributed by atoms with van der Waals surface area (Å²) in [6, 6.07) is 15.5. The van der Waals surface area contributed by atoms with E-state index in [-0.39, 0.29) is 0 Å². The molecule has 110 valence electrons. The van der Waals surface area contributed by atoms with Crippen LogP contribution in [0.4, 0.5) is 5.69 Å². The zero-order chi connectivity index (χ0) is 14.8. The first kappa shape index (κ1) is 14.4. The third-order valence-electron chi connectivity index (χ3n) is 4.15. The van der Waals surface area contributed by atoms with Gasteiger partial charge in [-0.2, -0.15) is 0 Å². The second kappa shape index (κ2) is 6.08. The van der Waals surface area contributed by atoms with Crippen molar-refractivity contribution in [2.24, 2.45) is 0 Å². The molecule has 2 aromatic carbocycles. The summed E-state index contributed by atoms with van der Waals surface area (Å²) in [4.78, 5) is 2.12. The average molecular weight is 301 g/mol. The Balaban J connectivity index is 1.57. The maximum absolute atomic E-state index is 6.06. The van der Waals surface area contributed by atoms with Gasteiger partial charge in [0.1, 0.15) is 0 Å². The van der Waals surface area contributed by atoms with Crippen LogP contribution in [0.1, 0.15) is 16.7 Å². The van der Waals surface area contributed by atoms with Crippen molar-refractivity contribution in [2.75, 3.05) is 19.0 Å². The Bertz CT molecular complexity index is 620. The van der Waals surface area contributed by atoms with Gasteiger partial charge in [-0.1, -0.05) is 29.8 Å². The van der Waals surface area contributed by atoms with Gasteiger partial charge in [-0.3, -0.25) is 0 Å². The fourth-order valence-corrected chi connectivity index (χ4v) is 3.10. The van der Waals surface area contributed by atoms with Crippen LogP contribution in [0.15, 0.2) is 42.5 Å². The van der Waals surface area contributed by atoms with E-state index in [2.05, 4.69) is 60.7 Å². The van der Waals surface area contributed by atoms with E-state index in [4.69, 9.17) is 11.6 Å². The molecule has 1 atom stereocenters. The van der Waals surface area contributed by atoms with Crippen LogP contribution in [-0.2, 0) is 19.4 Å². The van der Waals surface area contributed by atoms with E-state index in [0.717, 1.165) is 24.4 Å². The molecular weight excluding hydrogens is 280 g/mol. The molecule has 3 rings (SSSR count). The summed E-state index contributed by atoms with van der Waals surface area (Å²) in [6.07, 6.45) is 2.17. The Morgan fingerprint density at radius 1 is 1.05 bits per heavy atom. The monoisotopic (exact) mass is 300 g/mol. The lowest BCUT2D eigenvalue weighted by atomic mass is 10.1. The molecule has 0 fully saturated rings. The quantitative estimate of drug-likeness (QED) is 0.927. The SMILES string of the molecule is CN(C)c1ccc(CNC2Cc3ccc(Cl)cc3C2)cc1. The number of anilines is 1. The van der Waals surface area contributed by atoms with E-state index in [1.807, 2.05) is 6.07 Å². The Morgan fingerprint density at radius 2 is 1.76 bits per heavy atom. The zero-order valence-electron chi connectivity index (χ0n) is 12.6. The standard InChI is InChI=1S/C18H21ClN2/c1-21(2)18-7-3-13(4-8-18)12-20-17-10-14-5-6-16(19)9-15(14)11-17/h3-9,17,20H,10-12H2,1-2H3. The number of halogens is 1. The molecular formula is C18H21ClN2. The number of hydrogen-bond donors (Lipinski definition) is 1. The molecule has 2 aromatic rings. The zero-order valence-corrected chi connectivity index (χ0v) is 13.3. The third-order valence-corrected chi connectivity index (χ3v) is 4.38. The maximum Gasteiger partial charge on any atom is 0.0408 e. The van der Waals surface area contributed by atoms with Gasteiger partial charge in [0.15, 0.2) is 0 Å². The molecule has 21 heavy (non-hydrogen) atoms. The normalized spacial score (nSPS) is 16.8. The molecule has 0 spiro atoms. The van der Waals surface area contributed by atoms with E-state index in [9.17, 15) is 0 Å². The van der Waals surface area contributed by atoms with Gasteiger partial charge in [-0.25, -0.2) is 0 Å². The first-order chi connectivity index (χ1) is 10.1. The second-order valence-electron chi connectivity index (χ2n) is 5.96. The lowest BCUT2D eigenvalue weighted by Gasteiger charge is -2.14. The van der Waals surface area contributed by atoms with Crippen LogP contribution >= 0.6 is 11.6 Å². The van der Waals surface area contributed by atoms with Gasteiger partial charge >= 0.3 is 0 Å². The van der Waals surface area contributed by atoms with Crippen LogP contribution in [-0.4, -0.2) is 20.1 Å². The maximum atomic E-state index is 6.06. The van der Waals surface area contributed by atoms with Crippen molar-refractivity contribution < 1.29 is 0 Å². The first-order valence-corrected chi connectivity index (χ1v) is 7.76. The van der Waals surface area contributed by atoms with Gasteiger partial charge in [0.25, 0.3) is 0 Å². The van der Waals surface area contributed by atoms with E-state index < -0.39 is 0 Å². The Hall–Kier alpha value is -1.51. The number of rotatable bonds is 4. The minimum atomic E-state index is 0.520. The van der Waals surface area contributed by atoms with Crippen LogP contribution < -0.4 is 10.2 Å². The summed E-state index contributed by atoms with van der Waals surface area (Å²) in [5.74, 6) is 0. The molecule has 1 N–H and O–H groups in total. The van der Waals surface area contributed by atoms with Crippen LogP contribution in [0.2, 0.25) is 5.02 Å². The largest absolute Gasteiger partial charge is 0.378 e. The molecule has 0 bridgehead atoms. The number of benzene rings is 2. The molecule has 0 amide bonds. The highest BCUT2D eigenvalue weighted by Crippen LogP contribution is 2.25. The van der Waals surface area contributed by atoms with Gasteiger partial charge < -0.3 is 10.2 Å². The van der Waals surface area contributed by atoms with Gasteiger partial charge in [-0.15, -0.1) is 0 Å². The summed E-state index contributed by atoms with van der Waals surface area (Å²) in [7, 11) is 4.13. The fraction of sp³-hybridized carbons (Fsp3) is 0.333. The summed E-state index contributed by atoms with van der Waals surface area (Å²) < 4.78 is 0. The smallest absolute Gasteiger partial charge is 0.0408 e. The van der Waals surface area contributed by atoms with Crippen LogP contribution in [0.3, 0.4) is 0 Å². The van der Waals surface area contributed by atoms with E-state index >= 15 is 0 Å². The fourth-order valence-electron chi connectivity index (χ4n) is 2.91. The topological polar surface area (TPSA) is 15.3 Å². The number of nitrogens with zero attached hydrogens (tertiary/aromatic N) is 1. The summed E-state index contributed by atoms with van der Waals surface area (Å²) in [5.41, 5.74) is 5.39. The van der Waals surface area contributed by atoms with Crippen LogP contribution in [0.5, 0.6) is 0 Å². The molecule has 1 unspecified atom stereocenters. The van der Waals surface area contributed by atoms with Crippen LogP contribution in [0.25, 0.3) is 0 Å². The number of hydrogen-bond acceptors (Lipinski definition) is 2.